The molecule has 8 N–H and O–H groups in total. The largest absolute Gasteiger partial charge is 0.392 e. The van der Waals surface area contributed by atoms with E-state index in [-0.39, 0.29) is 71.5 Å². The van der Waals surface area contributed by atoms with Gasteiger partial charge in [-0.25, -0.2) is 4.98 Å². The third kappa shape index (κ3) is 8.07. The Morgan fingerprint density at radius 2 is 1.76 bits per heavy atom. The van der Waals surface area contributed by atoms with Crippen LogP contribution in [0.5, 0.6) is 0 Å². The first-order valence-electron chi connectivity index (χ1n) is 26.8. The predicted octanol–water partition coefficient (Wildman–Crippen LogP) is 8.54. The highest BCUT2D eigenvalue weighted by molar-refractivity contribution is 8.76. The van der Waals surface area contributed by atoms with E-state index in [1.54, 1.807) is 23.6 Å². The van der Waals surface area contributed by atoms with E-state index < -0.39 is 46.9 Å². The lowest BCUT2D eigenvalue weighted by atomic mass is 9.41. The van der Waals surface area contributed by atoms with Crippen molar-refractivity contribution in [2.75, 3.05) is 18.1 Å². The number of nitrogens with one attached hydrogen (secondary N) is 1. The monoisotopic (exact) mass is 974 g/mol. The third-order valence-corrected chi connectivity index (χ3v) is 22.8. The van der Waals surface area contributed by atoms with Gasteiger partial charge in [0.2, 0.25) is 0 Å². The van der Waals surface area contributed by atoms with E-state index in [1.807, 2.05) is 40.2 Å². The van der Waals surface area contributed by atoms with Crippen molar-refractivity contribution in [3.63, 3.8) is 0 Å². The number of carbonyl (C=O) groups is 1. The summed E-state index contributed by atoms with van der Waals surface area (Å²) in [7, 11) is 3.75. The van der Waals surface area contributed by atoms with E-state index in [0.717, 1.165) is 62.7 Å². The van der Waals surface area contributed by atoms with Crippen LogP contribution in [0.3, 0.4) is 0 Å². The molecule has 4 bridgehead atoms. The topological polar surface area (TPSA) is 186 Å². The maximum atomic E-state index is 15.1. The fraction of sp³-hybridized carbons (Fsp3) is 0.800. The molecule has 376 valence electrons. The number of aromatic nitrogens is 2. The van der Waals surface area contributed by atoms with Gasteiger partial charge in [0.15, 0.2) is 11.7 Å². The number of fused-ring (bicyclic) bond motifs is 13. The minimum absolute atomic E-state index is 0.0325. The molecule has 0 unspecified atom stereocenters. The molecule has 13 heteroatoms. The van der Waals surface area contributed by atoms with Crippen LogP contribution in [0.1, 0.15) is 150 Å². The van der Waals surface area contributed by atoms with Gasteiger partial charge in [0.25, 0.3) is 0 Å². The van der Waals surface area contributed by atoms with Crippen molar-refractivity contribution in [2.24, 2.45) is 86.2 Å². The van der Waals surface area contributed by atoms with Crippen molar-refractivity contribution in [2.45, 2.75) is 180 Å². The maximum Gasteiger partial charge on any atom is 0.190 e. The molecular formula is C55H83N5O6S2. The number of hydrogen-bond acceptors (Lipinski definition) is 10. The second-order valence-electron chi connectivity index (χ2n) is 24.9. The quantitative estimate of drug-likeness (QED) is 0.0435. The summed E-state index contributed by atoms with van der Waals surface area (Å²) in [4.78, 5) is 24.6. The highest BCUT2D eigenvalue weighted by Gasteiger charge is 2.73. The number of imidazole rings is 1. The highest BCUT2D eigenvalue weighted by Crippen LogP contribution is 2.74. The van der Waals surface area contributed by atoms with Gasteiger partial charge in [-0.05, 0) is 148 Å². The molecule has 17 atom stereocenters. The Morgan fingerprint density at radius 1 is 0.985 bits per heavy atom. The predicted molar refractivity (Wildman–Crippen MR) is 272 cm³/mol. The van der Waals surface area contributed by atoms with Gasteiger partial charge < -0.3 is 41.2 Å². The number of nitrogens with two attached hydrogens (primary N) is 1. The smallest absolute Gasteiger partial charge is 0.190 e. The molecule has 2 heterocycles. The van der Waals surface area contributed by atoms with Crippen LogP contribution in [-0.4, -0.2) is 95.0 Å². The first-order chi connectivity index (χ1) is 32.4. The molecule has 0 aromatic carbocycles. The number of carbonyl (C=O) groups excluding carboxylic acids is 1. The van der Waals surface area contributed by atoms with Crippen molar-refractivity contribution in [1.82, 2.24) is 14.9 Å². The average Bonchev–Trinajstić information content (AvgIpc) is 3.90. The van der Waals surface area contributed by atoms with E-state index >= 15 is 4.79 Å². The van der Waals surface area contributed by atoms with Crippen LogP contribution in [0.4, 0.5) is 0 Å². The number of nitrogens with zero attached hydrogens (tertiary/aromatic N) is 3. The molecule has 6 fully saturated rings. The lowest BCUT2D eigenvalue weighted by Crippen LogP contribution is -2.66. The van der Waals surface area contributed by atoms with Crippen LogP contribution in [-0.2, 0) is 4.79 Å². The normalized spacial score (nSPS) is 44.0. The lowest BCUT2D eigenvalue weighted by molar-refractivity contribution is -0.176. The molecule has 1 aromatic rings. The summed E-state index contributed by atoms with van der Waals surface area (Å²) in [5, 5.41) is 64.5. The summed E-state index contributed by atoms with van der Waals surface area (Å²) in [6.45, 7) is 13.6. The molecule has 0 radical (unpaired) electrons. The molecule has 1 aromatic heterocycles. The average molecular weight is 974 g/mol. The molecule has 0 spiro atoms. The van der Waals surface area contributed by atoms with E-state index in [2.05, 4.69) is 55.7 Å². The van der Waals surface area contributed by atoms with Crippen molar-refractivity contribution < 1.29 is 30.3 Å². The SMILES string of the molecule is CC(C)CCC[C@]12C[C@H](O)[C@H](O)C[C@H]1C(=O)C=C1[C@@H]2[C@@H](CN=C(N)N[C@@H](C)O)C[C@]2(C)[C@@H]3C[C@H](CSSC[C@H](n4ccnc4)CC(C)(C)C4=C5CCCC[C@@H]5C5=C6[C@H](CCC5)C[C@@H]3[C@H](O)[C@H]64)[C@@]12O. The molecule has 11 nitrogen and oxygen atoms in total. The number of guanidine groups is 1. The van der Waals surface area contributed by atoms with Crippen molar-refractivity contribution >= 4 is 33.3 Å². The van der Waals surface area contributed by atoms with Crippen LogP contribution >= 0.6 is 21.6 Å². The van der Waals surface area contributed by atoms with Gasteiger partial charge in [0, 0.05) is 65.6 Å². The lowest BCUT2D eigenvalue weighted by Gasteiger charge is -2.65. The Morgan fingerprint density at radius 3 is 2.51 bits per heavy atom. The number of aliphatic imine (C=N–C) groups is 1. The molecule has 10 rings (SSSR count). The Bertz CT molecular complexity index is 2190. The van der Waals surface area contributed by atoms with Gasteiger partial charge in [-0.2, -0.15) is 0 Å². The van der Waals surface area contributed by atoms with E-state index in [4.69, 9.17) is 10.7 Å². The second-order valence-corrected chi connectivity index (χ2v) is 27.4. The summed E-state index contributed by atoms with van der Waals surface area (Å²) in [5.74, 6) is 1.75. The zero-order valence-electron chi connectivity index (χ0n) is 41.8. The first kappa shape index (κ1) is 49.4. The van der Waals surface area contributed by atoms with E-state index in [9.17, 15) is 25.5 Å². The van der Waals surface area contributed by atoms with Crippen LogP contribution in [0.25, 0.3) is 0 Å². The summed E-state index contributed by atoms with van der Waals surface area (Å²) in [5.41, 5.74) is 10.7. The van der Waals surface area contributed by atoms with Crippen molar-refractivity contribution in [3.05, 3.63) is 52.7 Å². The molecular weight excluding hydrogens is 891 g/mol. The Kier molecular flexibility index (Phi) is 13.6. The van der Waals surface area contributed by atoms with Crippen LogP contribution < -0.4 is 11.1 Å². The van der Waals surface area contributed by atoms with Crippen molar-refractivity contribution in [1.29, 1.82) is 0 Å². The summed E-state index contributed by atoms with van der Waals surface area (Å²) in [6.07, 6.45) is 18.8. The first-order valence-corrected chi connectivity index (χ1v) is 29.3. The van der Waals surface area contributed by atoms with Gasteiger partial charge >= 0.3 is 0 Å². The molecule has 5 saturated carbocycles. The number of ketones is 1. The molecule has 9 aliphatic rings. The standard InChI is InChI=1S/C55H83N5O6S2/c1-30(2)11-10-16-54-25-45(64)44(63)21-41(54)43(62)22-42-48(54)33(26-58-51(56)59-31(3)61)23-53(6)40-20-34(55(42,53)66)27-67-68-28-35(60-18-17-57-29-60)24-52(4,5)49-38-14-8-7-13-36(38)37-15-9-12-32-19-39(40)50(65)47(49)46(32)37/h17-18,22,29-36,39-41,44-45,47-48,50,61,63-66H,7-16,19-21,23-28H2,1-6H3,(H3,56,58,59)/t31-,32-,33-,34-,35-,36-,39+,40-,41+,44-,45+,47-,48+,50+,53-,54+,55-/m1/s1. The van der Waals surface area contributed by atoms with Crippen LogP contribution in [0.2, 0.25) is 0 Å². The molecule has 0 amide bonds. The number of rotatable bonds is 8. The zero-order valence-corrected chi connectivity index (χ0v) is 43.4. The van der Waals surface area contributed by atoms with Gasteiger partial charge in [-0.3, -0.25) is 9.79 Å². The number of aliphatic hydroxyl groups is 5. The number of allylic oxidation sites excluding steroid dienone is 3. The zero-order chi connectivity index (χ0) is 48.1. The summed E-state index contributed by atoms with van der Waals surface area (Å²) >= 11 is 0. The highest BCUT2D eigenvalue weighted by atomic mass is 33.1. The minimum atomic E-state index is -1.37. The van der Waals surface area contributed by atoms with Gasteiger partial charge in [0.1, 0.15) is 6.23 Å². The Hall–Kier alpha value is -2.13. The van der Waals surface area contributed by atoms with E-state index in [1.165, 1.54) is 31.3 Å². The van der Waals surface area contributed by atoms with Crippen LogP contribution in [0, 0.1) is 75.4 Å². The second kappa shape index (κ2) is 18.7. The third-order valence-electron chi connectivity index (χ3n) is 20.2. The van der Waals surface area contributed by atoms with Gasteiger partial charge in [-0.15, -0.1) is 0 Å². The van der Waals surface area contributed by atoms with Gasteiger partial charge in [0.05, 0.1) is 30.2 Å². The van der Waals surface area contributed by atoms with Gasteiger partial charge in [-0.1, -0.05) is 97.8 Å². The molecule has 8 aliphatic carbocycles. The maximum absolute atomic E-state index is 15.1. The number of aliphatic hydroxyl groups excluding tert-OH is 4. The number of hydrogen-bond donors (Lipinski definition) is 7. The molecule has 68 heavy (non-hydrogen) atoms. The Labute approximate surface area is 413 Å². The minimum Gasteiger partial charge on any atom is -0.392 e. The molecule has 1 aliphatic heterocycles. The van der Waals surface area contributed by atoms with Crippen molar-refractivity contribution in [3.8, 4) is 0 Å². The summed E-state index contributed by atoms with van der Waals surface area (Å²) in [6, 6.07) is 0.187. The van der Waals surface area contributed by atoms with E-state index in [0.29, 0.717) is 42.9 Å². The fourth-order valence-corrected chi connectivity index (χ4v) is 20.5. The summed E-state index contributed by atoms with van der Waals surface area (Å²) < 4.78 is 2.30. The fourth-order valence-electron chi connectivity index (χ4n) is 17.8. The molecule has 1 saturated heterocycles. The van der Waals surface area contributed by atoms with Crippen LogP contribution in [0.15, 0.2) is 57.7 Å². The Balaban J connectivity index is 1.15.